The van der Waals surface area contributed by atoms with E-state index in [4.69, 9.17) is 15.0 Å². The number of aryl methyl sites for hydroxylation is 1. The molecule has 0 aliphatic carbocycles. The van der Waals surface area contributed by atoms with E-state index in [0.717, 1.165) is 50.1 Å². The van der Waals surface area contributed by atoms with Crippen molar-refractivity contribution < 1.29 is 9.26 Å². The molecule has 0 atom stereocenters. The van der Waals surface area contributed by atoms with Crippen LogP contribution in [0.25, 0.3) is 11.4 Å². The predicted octanol–water partition coefficient (Wildman–Crippen LogP) is 3.02. The normalized spacial score (nSPS) is 11.8. The van der Waals surface area contributed by atoms with Gasteiger partial charge in [-0.25, -0.2) is 0 Å². The van der Waals surface area contributed by atoms with Crippen molar-refractivity contribution in [1.29, 1.82) is 0 Å². The Bertz CT molecular complexity index is 679. The number of aliphatic imine (C=N–C) groups is 1. The summed E-state index contributed by atoms with van der Waals surface area (Å²) >= 11 is 0. The van der Waals surface area contributed by atoms with Crippen LogP contribution in [0.1, 0.15) is 39.0 Å². The number of benzene rings is 1. The number of ether oxygens (including phenoxy) is 1. The summed E-state index contributed by atoms with van der Waals surface area (Å²) in [5.41, 5.74) is 6.72. The first-order valence-electron chi connectivity index (χ1n) is 9.09. The maximum atomic E-state index is 5.80. The Morgan fingerprint density at radius 3 is 2.69 bits per heavy atom. The highest BCUT2D eigenvalue weighted by atomic mass is 16.5. The van der Waals surface area contributed by atoms with Crippen molar-refractivity contribution in [2.75, 3.05) is 20.2 Å². The van der Waals surface area contributed by atoms with Gasteiger partial charge in [0.05, 0.1) is 7.11 Å². The van der Waals surface area contributed by atoms with Crippen molar-refractivity contribution in [3.8, 4) is 17.1 Å². The number of unbranched alkanes of at least 4 members (excludes halogenated alkanes) is 2. The predicted molar refractivity (Wildman–Crippen MR) is 103 cm³/mol. The molecular weight excluding hydrogens is 330 g/mol. The van der Waals surface area contributed by atoms with Crippen LogP contribution in [0.15, 0.2) is 33.8 Å². The summed E-state index contributed by atoms with van der Waals surface area (Å²) in [6, 6.07) is 7.61. The lowest BCUT2D eigenvalue weighted by atomic mass is 10.2. The molecule has 1 aromatic heterocycles. The molecule has 1 aromatic carbocycles. The Labute approximate surface area is 155 Å². The lowest BCUT2D eigenvalue weighted by molar-refractivity contribution is 0.374. The molecule has 0 aliphatic heterocycles. The van der Waals surface area contributed by atoms with Crippen LogP contribution >= 0.6 is 0 Å². The second-order valence-electron chi connectivity index (χ2n) is 6.60. The molecule has 0 radical (unpaired) electrons. The number of rotatable bonds is 10. The van der Waals surface area contributed by atoms with Crippen LogP contribution in [0.3, 0.4) is 0 Å². The molecule has 0 amide bonds. The maximum Gasteiger partial charge on any atom is 0.226 e. The number of aromatic nitrogens is 2. The van der Waals surface area contributed by atoms with Crippen LogP contribution in [-0.4, -0.2) is 36.3 Å². The van der Waals surface area contributed by atoms with Gasteiger partial charge < -0.3 is 20.3 Å². The number of nitrogens with one attached hydrogen (secondary N) is 1. The Morgan fingerprint density at radius 2 is 2.00 bits per heavy atom. The van der Waals surface area contributed by atoms with Crippen LogP contribution in [0, 0.1) is 5.92 Å². The molecule has 0 bridgehead atoms. The second kappa shape index (κ2) is 10.4. The molecule has 2 aromatic rings. The first-order chi connectivity index (χ1) is 12.6. The third kappa shape index (κ3) is 6.74. The molecule has 0 aliphatic rings. The maximum absolute atomic E-state index is 5.80. The van der Waals surface area contributed by atoms with Gasteiger partial charge in [0.25, 0.3) is 0 Å². The molecule has 0 saturated carbocycles. The highest BCUT2D eigenvalue weighted by Gasteiger charge is 2.08. The average Bonchev–Trinajstić information content (AvgIpc) is 3.11. The first kappa shape index (κ1) is 19.8. The highest BCUT2D eigenvalue weighted by Crippen LogP contribution is 2.20. The number of hydrogen-bond acceptors (Lipinski definition) is 5. The molecule has 3 N–H and O–H groups in total. The molecule has 7 nitrogen and oxygen atoms in total. The van der Waals surface area contributed by atoms with Crippen molar-refractivity contribution in [2.24, 2.45) is 16.6 Å². The molecule has 1 heterocycles. The number of methoxy groups -OCH3 is 1. The van der Waals surface area contributed by atoms with E-state index >= 15 is 0 Å². The lowest BCUT2D eigenvalue weighted by Gasteiger charge is -2.06. The van der Waals surface area contributed by atoms with Crippen molar-refractivity contribution in [3.05, 3.63) is 30.2 Å². The molecule has 0 spiro atoms. The second-order valence-corrected chi connectivity index (χ2v) is 6.60. The summed E-state index contributed by atoms with van der Waals surface area (Å²) in [5, 5.41) is 7.18. The third-order valence-electron chi connectivity index (χ3n) is 3.82. The number of nitrogens with zero attached hydrogens (tertiary/aromatic N) is 3. The molecular formula is C19H29N5O2. The van der Waals surface area contributed by atoms with E-state index in [9.17, 15) is 0 Å². The molecule has 0 saturated heterocycles. The quantitative estimate of drug-likeness (QED) is 0.384. The fourth-order valence-corrected chi connectivity index (χ4v) is 2.35. The van der Waals surface area contributed by atoms with Gasteiger partial charge in [0, 0.05) is 25.1 Å². The van der Waals surface area contributed by atoms with Crippen molar-refractivity contribution >= 4 is 5.96 Å². The van der Waals surface area contributed by atoms with Gasteiger partial charge in [-0.05, 0) is 43.0 Å². The lowest BCUT2D eigenvalue weighted by Crippen LogP contribution is -2.32. The van der Waals surface area contributed by atoms with Crippen LogP contribution < -0.4 is 15.8 Å². The smallest absolute Gasteiger partial charge is 0.226 e. The fourth-order valence-electron chi connectivity index (χ4n) is 2.35. The van der Waals surface area contributed by atoms with Crippen LogP contribution in [0.2, 0.25) is 0 Å². The molecule has 0 unspecified atom stereocenters. The van der Waals surface area contributed by atoms with E-state index < -0.39 is 0 Å². The van der Waals surface area contributed by atoms with Gasteiger partial charge in [0.1, 0.15) is 5.75 Å². The fraction of sp³-hybridized carbons (Fsp3) is 0.526. The van der Waals surface area contributed by atoms with Gasteiger partial charge in [-0.2, -0.15) is 4.98 Å². The van der Waals surface area contributed by atoms with Gasteiger partial charge in [0.15, 0.2) is 5.96 Å². The number of guanidine groups is 1. The summed E-state index contributed by atoms with van der Waals surface area (Å²) in [6.45, 7) is 5.82. The number of hydrogen-bond donors (Lipinski definition) is 2. The topological polar surface area (TPSA) is 98.6 Å². The Morgan fingerprint density at radius 1 is 1.23 bits per heavy atom. The van der Waals surface area contributed by atoms with Gasteiger partial charge in [-0.3, -0.25) is 4.99 Å². The SMILES string of the molecule is COc1ccc(-c2noc(CCCCCNC(N)=NCC(C)C)n2)cc1. The summed E-state index contributed by atoms with van der Waals surface area (Å²) in [5.74, 6) is 3.13. The molecule has 0 fully saturated rings. The van der Waals surface area contributed by atoms with Crippen molar-refractivity contribution in [2.45, 2.75) is 39.5 Å². The van der Waals surface area contributed by atoms with E-state index in [-0.39, 0.29) is 0 Å². The molecule has 142 valence electrons. The van der Waals surface area contributed by atoms with Crippen LogP contribution in [0.5, 0.6) is 5.75 Å². The van der Waals surface area contributed by atoms with E-state index in [1.165, 1.54) is 0 Å². The number of nitrogens with two attached hydrogens (primary N) is 1. The Balaban J connectivity index is 1.66. The summed E-state index contributed by atoms with van der Waals surface area (Å²) in [7, 11) is 1.64. The Hall–Kier alpha value is -2.57. The summed E-state index contributed by atoms with van der Waals surface area (Å²) < 4.78 is 10.5. The summed E-state index contributed by atoms with van der Waals surface area (Å²) in [6.07, 6.45) is 3.86. The minimum atomic E-state index is 0.521. The third-order valence-corrected chi connectivity index (χ3v) is 3.82. The first-order valence-corrected chi connectivity index (χ1v) is 9.09. The van der Waals surface area contributed by atoms with Gasteiger partial charge >= 0.3 is 0 Å². The summed E-state index contributed by atoms with van der Waals surface area (Å²) in [4.78, 5) is 8.72. The molecule has 26 heavy (non-hydrogen) atoms. The van der Waals surface area contributed by atoms with Crippen LogP contribution in [-0.2, 0) is 6.42 Å². The Kier molecular flexibility index (Phi) is 7.92. The van der Waals surface area contributed by atoms with E-state index in [1.54, 1.807) is 7.11 Å². The zero-order valence-corrected chi connectivity index (χ0v) is 15.9. The minimum Gasteiger partial charge on any atom is -0.497 e. The van der Waals surface area contributed by atoms with E-state index in [1.807, 2.05) is 24.3 Å². The van der Waals surface area contributed by atoms with E-state index in [0.29, 0.717) is 23.6 Å². The van der Waals surface area contributed by atoms with Gasteiger partial charge in [-0.1, -0.05) is 25.4 Å². The van der Waals surface area contributed by atoms with Gasteiger partial charge in [-0.15, -0.1) is 0 Å². The monoisotopic (exact) mass is 359 g/mol. The zero-order valence-electron chi connectivity index (χ0n) is 15.9. The highest BCUT2D eigenvalue weighted by molar-refractivity contribution is 5.77. The largest absolute Gasteiger partial charge is 0.497 e. The standard InChI is InChI=1S/C19H29N5O2/c1-14(2)13-22-19(20)21-12-6-4-5-7-17-23-18(24-26-17)15-8-10-16(25-3)11-9-15/h8-11,14H,4-7,12-13H2,1-3H3,(H3,20,21,22). The van der Waals surface area contributed by atoms with Crippen LogP contribution in [0.4, 0.5) is 0 Å². The van der Waals surface area contributed by atoms with Crippen molar-refractivity contribution in [1.82, 2.24) is 15.5 Å². The molecule has 2 rings (SSSR count). The van der Waals surface area contributed by atoms with E-state index in [2.05, 4.69) is 34.3 Å². The van der Waals surface area contributed by atoms with Gasteiger partial charge in [0.2, 0.25) is 11.7 Å². The molecule has 7 heteroatoms. The average molecular weight is 359 g/mol. The zero-order chi connectivity index (χ0) is 18.8. The van der Waals surface area contributed by atoms with Crippen molar-refractivity contribution in [3.63, 3.8) is 0 Å². The minimum absolute atomic E-state index is 0.521.